The first-order valence-electron chi connectivity index (χ1n) is 7.09. The summed E-state index contributed by atoms with van der Waals surface area (Å²) < 4.78 is 32.9. The second kappa shape index (κ2) is 6.99. The maximum absolute atomic E-state index is 12.0. The molecule has 112 valence electrons. The first-order valence-corrected chi connectivity index (χ1v) is 8.53. The summed E-state index contributed by atoms with van der Waals surface area (Å²) in [4.78, 5) is 0. The van der Waals surface area contributed by atoms with Crippen LogP contribution in [0.4, 0.5) is 0 Å². The van der Waals surface area contributed by atoms with Crippen molar-refractivity contribution in [3.63, 3.8) is 0 Å². The molecule has 0 aromatic rings. The molecule has 0 unspecified atom stereocenters. The molecule has 1 saturated carbocycles. The van der Waals surface area contributed by atoms with Gasteiger partial charge in [-0.1, -0.05) is 0 Å². The maximum atomic E-state index is 12.0. The minimum atomic E-state index is -3.32. The van der Waals surface area contributed by atoms with E-state index in [0.717, 1.165) is 25.3 Å². The van der Waals surface area contributed by atoms with Crippen LogP contribution in [0.25, 0.3) is 0 Å². The Hall–Kier alpha value is -0.210. The monoisotopic (exact) mass is 291 g/mol. The molecule has 0 spiro atoms. The fourth-order valence-corrected chi connectivity index (χ4v) is 3.53. The number of hydrogen-bond donors (Lipinski definition) is 2. The minimum absolute atomic E-state index is 0.332. The van der Waals surface area contributed by atoms with Crippen LogP contribution in [0.3, 0.4) is 0 Å². The van der Waals surface area contributed by atoms with Gasteiger partial charge < -0.3 is 10.1 Å². The molecule has 2 fully saturated rings. The van der Waals surface area contributed by atoms with Crippen LogP contribution in [0, 0.1) is 5.92 Å². The van der Waals surface area contributed by atoms with Crippen molar-refractivity contribution >= 4 is 10.2 Å². The van der Waals surface area contributed by atoms with Crippen molar-refractivity contribution in [3.05, 3.63) is 0 Å². The zero-order chi connectivity index (χ0) is 13.7. The summed E-state index contributed by atoms with van der Waals surface area (Å²) in [5, 5.41) is 3.55. The predicted octanol–water partition coefficient (Wildman–Crippen LogP) is -0.0688. The summed E-state index contributed by atoms with van der Waals surface area (Å²) in [6, 6.07) is 0.478. The molecule has 1 heterocycles. The van der Waals surface area contributed by atoms with Gasteiger partial charge in [-0.25, -0.2) is 0 Å². The topological polar surface area (TPSA) is 70.7 Å². The van der Waals surface area contributed by atoms with Gasteiger partial charge in [-0.15, -0.1) is 0 Å². The number of hydrogen-bond acceptors (Lipinski definition) is 4. The Balaban J connectivity index is 1.68. The third-order valence-electron chi connectivity index (χ3n) is 3.78. The molecule has 0 amide bonds. The van der Waals surface area contributed by atoms with E-state index in [0.29, 0.717) is 32.3 Å². The van der Waals surface area contributed by atoms with E-state index in [9.17, 15) is 8.42 Å². The Bertz CT molecular complexity index is 362. The minimum Gasteiger partial charge on any atom is -0.383 e. The van der Waals surface area contributed by atoms with Gasteiger partial charge in [-0.3, -0.25) is 0 Å². The van der Waals surface area contributed by atoms with E-state index >= 15 is 0 Å². The molecule has 7 heteroatoms. The van der Waals surface area contributed by atoms with Crippen molar-refractivity contribution < 1.29 is 13.2 Å². The number of nitrogens with zero attached hydrogens (tertiary/aromatic N) is 1. The Morgan fingerprint density at radius 3 is 2.47 bits per heavy atom. The molecule has 2 aliphatic rings. The quantitative estimate of drug-likeness (QED) is 0.614. The van der Waals surface area contributed by atoms with Crippen molar-refractivity contribution in [1.82, 2.24) is 14.3 Å². The fourth-order valence-electron chi connectivity index (χ4n) is 2.32. The average molecular weight is 291 g/mol. The lowest BCUT2D eigenvalue weighted by Crippen LogP contribution is -2.49. The van der Waals surface area contributed by atoms with Crippen molar-refractivity contribution in [2.45, 2.75) is 31.7 Å². The highest BCUT2D eigenvalue weighted by atomic mass is 32.2. The van der Waals surface area contributed by atoms with Crippen LogP contribution in [0.5, 0.6) is 0 Å². The Morgan fingerprint density at radius 2 is 1.89 bits per heavy atom. The number of methoxy groups -OCH3 is 1. The molecule has 0 bridgehead atoms. The van der Waals surface area contributed by atoms with Crippen LogP contribution in [0.1, 0.15) is 25.7 Å². The molecule has 1 aliphatic carbocycles. The Morgan fingerprint density at radius 1 is 1.21 bits per heavy atom. The van der Waals surface area contributed by atoms with Crippen molar-refractivity contribution in [1.29, 1.82) is 0 Å². The summed E-state index contributed by atoms with van der Waals surface area (Å²) in [5.41, 5.74) is 0. The second-order valence-corrected chi connectivity index (χ2v) is 7.17. The van der Waals surface area contributed by atoms with E-state index in [1.54, 1.807) is 7.11 Å². The van der Waals surface area contributed by atoms with Crippen LogP contribution >= 0.6 is 0 Å². The number of rotatable bonds is 8. The lowest BCUT2D eigenvalue weighted by molar-refractivity contribution is 0.203. The van der Waals surface area contributed by atoms with E-state index in [4.69, 9.17) is 4.74 Å². The molecule has 1 aliphatic heterocycles. The molecule has 1 saturated heterocycles. The highest BCUT2D eigenvalue weighted by Crippen LogP contribution is 2.28. The lowest BCUT2D eigenvalue weighted by Gasteiger charge is -2.31. The summed E-state index contributed by atoms with van der Waals surface area (Å²) in [6.45, 7) is 3.04. The van der Waals surface area contributed by atoms with E-state index < -0.39 is 10.2 Å². The summed E-state index contributed by atoms with van der Waals surface area (Å²) in [6.07, 6.45) is 4.50. The SMILES string of the molecule is COCCNS(=O)(=O)N1CCC(NCC2CC2)CC1. The zero-order valence-electron chi connectivity index (χ0n) is 11.6. The highest BCUT2D eigenvalue weighted by molar-refractivity contribution is 7.87. The van der Waals surface area contributed by atoms with Gasteiger partial charge in [0, 0.05) is 32.8 Å². The molecule has 19 heavy (non-hydrogen) atoms. The molecule has 0 radical (unpaired) electrons. The van der Waals surface area contributed by atoms with Crippen LogP contribution in [0.15, 0.2) is 0 Å². The number of ether oxygens (including phenoxy) is 1. The van der Waals surface area contributed by atoms with Crippen LogP contribution < -0.4 is 10.0 Å². The number of nitrogens with one attached hydrogen (secondary N) is 2. The van der Waals surface area contributed by atoms with Crippen molar-refractivity contribution in [2.75, 3.05) is 39.9 Å². The fraction of sp³-hybridized carbons (Fsp3) is 1.00. The third kappa shape index (κ3) is 5.00. The normalized spacial score (nSPS) is 22.8. The molecule has 2 N–H and O–H groups in total. The molecule has 0 atom stereocenters. The average Bonchev–Trinajstić information content (AvgIpc) is 3.21. The standard InChI is InChI=1S/C12H25N3O3S/c1-18-9-6-14-19(16,17)15-7-4-12(5-8-15)13-10-11-2-3-11/h11-14H,2-10H2,1H3. The van der Waals surface area contributed by atoms with Crippen molar-refractivity contribution in [3.8, 4) is 0 Å². The highest BCUT2D eigenvalue weighted by Gasteiger charge is 2.28. The first kappa shape index (κ1) is 15.2. The van der Waals surface area contributed by atoms with Crippen molar-refractivity contribution in [2.24, 2.45) is 5.92 Å². The molecule has 0 aromatic heterocycles. The lowest BCUT2D eigenvalue weighted by atomic mass is 10.1. The van der Waals surface area contributed by atoms with E-state index in [1.165, 1.54) is 17.1 Å². The largest absolute Gasteiger partial charge is 0.383 e. The summed E-state index contributed by atoms with van der Waals surface area (Å²) in [5.74, 6) is 0.873. The molecular weight excluding hydrogens is 266 g/mol. The van der Waals surface area contributed by atoms with Gasteiger partial charge in [0.2, 0.25) is 0 Å². The van der Waals surface area contributed by atoms with Gasteiger partial charge in [0.15, 0.2) is 0 Å². The van der Waals surface area contributed by atoms with Gasteiger partial charge in [-0.05, 0) is 38.1 Å². The van der Waals surface area contributed by atoms with Gasteiger partial charge in [0.1, 0.15) is 0 Å². The second-order valence-electron chi connectivity index (χ2n) is 5.42. The smallest absolute Gasteiger partial charge is 0.279 e. The van der Waals surface area contributed by atoms with E-state index in [2.05, 4.69) is 10.0 Å². The number of piperidine rings is 1. The molecular formula is C12H25N3O3S. The van der Waals surface area contributed by atoms with Gasteiger partial charge in [-0.2, -0.15) is 17.4 Å². The van der Waals surface area contributed by atoms with Gasteiger partial charge in [0.25, 0.3) is 10.2 Å². The first-order chi connectivity index (χ1) is 9.12. The molecule has 6 nitrogen and oxygen atoms in total. The zero-order valence-corrected chi connectivity index (χ0v) is 12.4. The Labute approximate surface area is 116 Å². The predicted molar refractivity (Wildman–Crippen MR) is 74.1 cm³/mol. The summed E-state index contributed by atoms with van der Waals surface area (Å²) >= 11 is 0. The van der Waals surface area contributed by atoms with Gasteiger partial charge in [0.05, 0.1) is 6.61 Å². The van der Waals surface area contributed by atoms with Crippen LogP contribution in [0.2, 0.25) is 0 Å². The van der Waals surface area contributed by atoms with E-state index in [-0.39, 0.29) is 0 Å². The van der Waals surface area contributed by atoms with Crippen LogP contribution in [-0.2, 0) is 14.9 Å². The molecule has 2 rings (SSSR count). The van der Waals surface area contributed by atoms with E-state index in [1.807, 2.05) is 0 Å². The third-order valence-corrected chi connectivity index (χ3v) is 5.39. The maximum Gasteiger partial charge on any atom is 0.279 e. The summed E-state index contributed by atoms with van der Waals surface area (Å²) in [7, 11) is -1.76. The molecule has 0 aromatic carbocycles. The van der Waals surface area contributed by atoms with Crippen LogP contribution in [-0.4, -0.2) is 58.7 Å². The van der Waals surface area contributed by atoms with Gasteiger partial charge >= 0.3 is 0 Å². The Kier molecular flexibility index (Phi) is 5.58.